The third kappa shape index (κ3) is 3.59. The van der Waals surface area contributed by atoms with Gasteiger partial charge in [-0.05, 0) is 68.1 Å². The van der Waals surface area contributed by atoms with E-state index in [4.69, 9.17) is 0 Å². The van der Waals surface area contributed by atoms with Crippen LogP contribution in [-0.4, -0.2) is 44.9 Å². The summed E-state index contributed by atoms with van der Waals surface area (Å²) in [6.45, 7) is 6.14. The molecule has 6 nitrogen and oxygen atoms in total. The molecule has 2 aliphatic rings. The van der Waals surface area contributed by atoms with Gasteiger partial charge in [-0.15, -0.1) is 0 Å². The van der Waals surface area contributed by atoms with E-state index in [0.29, 0.717) is 29.8 Å². The molecule has 7 heteroatoms. The molecule has 1 saturated carbocycles. The molecule has 1 N–H and O–H groups in total. The maximum atomic E-state index is 13.5. The van der Waals surface area contributed by atoms with Crippen LogP contribution in [-0.2, 0) is 0 Å². The Morgan fingerprint density at radius 3 is 2.66 bits per heavy atom. The first-order valence-electron chi connectivity index (χ1n) is 11.8. The van der Waals surface area contributed by atoms with Crippen LogP contribution in [0.15, 0.2) is 39.7 Å². The minimum absolute atomic E-state index is 0.0294. The molecule has 1 atom stereocenters. The third-order valence-corrected chi connectivity index (χ3v) is 8.09. The minimum Gasteiger partial charge on any atom is -0.349 e. The highest BCUT2D eigenvalue weighted by Gasteiger charge is 2.29. The number of nitrogens with zero attached hydrogens (tertiary/aromatic N) is 3. The van der Waals surface area contributed by atoms with Gasteiger partial charge in [-0.1, -0.05) is 31.0 Å². The molecule has 0 radical (unpaired) electrons. The van der Waals surface area contributed by atoms with Crippen LogP contribution in [0.3, 0.4) is 0 Å². The van der Waals surface area contributed by atoms with E-state index in [0.717, 1.165) is 54.0 Å². The van der Waals surface area contributed by atoms with Crippen molar-refractivity contribution in [2.75, 3.05) is 13.1 Å². The Balaban J connectivity index is 1.59. The fraction of sp³-hybridized carbons (Fsp3) is 0.520. The van der Waals surface area contributed by atoms with Crippen LogP contribution >= 0.6 is 15.9 Å². The van der Waals surface area contributed by atoms with E-state index in [1.54, 1.807) is 6.20 Å². The van der Waals surface area contributed by atoms with Gasteiger partial charge in [0.25, 0.3) is 11.5 Å². The number of amides is 1. The number of carbonyl (C=O) groups excluding carboxylic acids is 1. The number of benzene rings is 1. The number of halogens is 1. The summed E-state index contributed by atoms with van der Waals surface area (Å²) in [5, 5.41) is 4.15. The van der Waals surface area contributed by atoms with Crippen LogP contribution in [0.25, 0.3) is 16.4 Å². The molecule has 3 heterocycles. The van der Waals surface area contributed by atoms with E-state index in [9.17, 15) is 9.59 Å². The van der Waals surface area contributed by atoms with Crippen LogP contribution in [0.2, 0.25) is 0 Å². The Bertz CT molecular complexity index is 1220. The summed E-state index contributed by atoms with van der Waals surface area (Å²) in [6.07, 6.45) is 8.30. The Morgan fingerprint density at radius 1 is 1.16 bits per heavy atom. The Labute approximate surface area is 196 Å². The van der Waals surface area contributed by atoms with E-state index in [1.165, 1.54) is 6.42 Å². The number of aromatic nitrogens is 2. The first-order valence-corrected chi connectivity index (χ1v) is 12.6. The fourth-order valence-corrected chi connectivity index (χ4v) is 6.36. The number of hydrogen-bond acceptors (Lipinski definition) is 3. The van der Waals surface area contributed by atoms with Crippen LogP contribution in [0, 0.1) is 0 Å². The second-order valence-electron chi connectivity index (χ2n) is 9.52. The van der Waals surface area contributed by atoms with Crippen molar-refractivity contribution in [2.24, 2.45) is 0 Å². The molecule has 2 fully saturated rings. The van der Waals surface area contributed by atoms with Crippen molar-refractivity contribution in [1.82, 2.24) is 19.2 Å². The zero-order chi connectivity index (χ0) is 22.4. The molecule has 2 aromatic heterocycles. The molecule has 0 spiro atoms. The summed E-state index contributed by atoms with van der Waals surface area (Å²) < 4.78 is 4.43. The number of fused-ring (bicyclic) bond motifs is 3. The van der Waals surface area contributed by atoms with E-state index < -0.39 is 0 Å². The van der Waals surface area contributed by atoms with Crippen molar-refractivity contribution in [3.63, 3.8) is 0 Å². The fourth-order valence-electron chi connectivity index (χ4n) is 5.68. The normalized spacial score (nSPS) is 20.2. The van der Waals surface area contributed by atoms with Crippen molar-refractivity contribution in [1.29, 1.82) is 0 Å². The van der Waals surface area contributed by atoms with Gasteiger partial charge in [0.1, 0.15) is 11.2 Å². The summed E-state index contributed by atoms with van der Waals surface area (Å²) in [5.41, 5.74) is 1.93. The number of para-hydroxylation sites is 1. The lowest BCUT2D eigenvalue weighted by molar-refractivity contribution is 0.0928. The Morgan fingerprint density at radius 2 is 1.91 bits per heavy atom. The summed E-state index contributed by atoms with van der Waals surface area (Å²) in [4.78, 5) is 29.6. The highest BCUT2D eigenvalue weighted by atomic mass is 79.9. The van der Waals surface area contributed by atoms with Crippen LogP contribution in [0.5, 0.6) is 0 Å². The van der Waals surface area contributed by atoms with Gasteiger partial charge in [0.2, 0.25) is 0 Å². The van der Waals surface area contributed by atoms with Gasteiger partial charge in [-0.25, -0.2) is 0 Å². The number of likely N-dealkylation sites (tertiary alicyclic amines) is 1. The van der Waals surface area contributed by atoms with Crippen LogP contribution in [0.4, 0.5) is 0 Å². The minimum atomic E-state index is -0.120. The molecule has 1 saturated heterocycles. The zero-order valence-electron chi connectivity index (χ0n) is 18.8. The Kier molecular flexibility index (Phi) is 5.88. The summed E-state index contributed by atoms with van der Waals surface area (Å²) >= 11 is 3.67. The lowest BCUT2D eigenvalue weighted by Gasteiger charge is -2.28. The van der Waals surface area contributed by atoms with E-state index >= 15 is 0 Å². The van der Waals surface area contributed by atoms with Gasteiger partial charge in [0.15, 0.2) is 0 Å². The summed E-state index contributed by atoms with van der Waals surface area (Å²) in [6, 6.07) is 8.87. The predicted octanol–water partition coefficient (Wildman–Crippen LogP) is 4.73. The topological polar surface area (TPSA) is 58.8 Å². The largest absolute Gasteiger partial charge is 0.349 e. The van der Waals surface area contributed by atoms with Gasteiger partial charge in [0.05, 0.1) is 9.99 Å². The van der Waals surface area contributed by atoms with E-state index in [2.05, 4.69) is 40.0 Å². The smallest absolute Gasteiger partial charge is 0.276 e. The van der Waals surface area contributed by atoms with E-state index in [1.807, 2.05) is 33.2 Å². The van der Waals surface area contributed by atoms with Crippen molar-refractivity contribution in [2.45, 2.75) is 70.5 Å². The van der Waals surface area contributed by atoms with Crippen molar-refractivity contribution in [3.8, 4) is 0 Å². The van der Waals surface area contributed by atoms with Gasteiger partial charge >= 0.3 is 0 Å². The van der Waals surface area contributed by atoms with Crippen LogP contribution in [0.1, 0.15) is 68.9 Å². The van der Waals surface area contributed by atoms with Gasteiger partial charge in [-0.2, -0.15) is 0 Å². The molecule has 5 rings (SSSR count). The molecule has 1 amide bonds. The molecule has 170 valence electrons. The number of rotatable bonds is 5. The molecule has 1 aliphatic carbocycles. The Hall–Kier alpha value is -2.12. The zero-order valence-corrected chi connectivity index (χ0v) is 20.4. The quantitative estimate of drug-likeness (QED) is 0.552. The van der Waals surface area contributed by atoms with Gasteiger partial charge < -0.3 is 9.88 Å². The van der Waals surface area contributed by atoms with E-state index in [-0.39, 0.29) is 17.5 Å². The average Bonchev–Trinajstić information content (AvgIpc) is 3.53. The lowest BCUT2D eigenvalue weighted by Crippen LogP contribution is -2.43. The molecular weight excluding hydrogens is 468 g/mol. The third-order valence-electron chi connectivity index (χ3n) is 7.29. The monoisotopic (exact) mass is 498 g/mol. The predicted molar refractivity (Wildman–Crippen MR) is 132 cm³/mol. The first kappa shape index (κ1) is 21.7. The van der Waals surface area contributed by atoms with Gasteiger partial charge in [0, 0.05) is 36.3 Å². The molecule has 32 heavy (non-hydrogen) atoms. The summed E-state index contributed by atoms with van der Waals surface area (Å²) in [7, 11) is 0. The SMILES string of the molecule is CC(C)N1CCC[C@H]1CNC(=O)c1cn(C2CCCC2)c(=O)c2c(Br)c3ccccc3n12. The first-order chi connectivity index (χ1) is 15.5. The lowest BCUT2D eigenvalue weighted by atomic mass is 10.2. The molecule has 3 aromatic rings. The van der Waals surface area contributed by atoms with Crippen molar-refractivity contribution in [3.05, 3.63) is 51.0 Å². The molecule has 1 aliphatic heterocycles. The number of hydrogen-bond donors (Lipinski definition) is 1. The number of nitrogens with one attached hydrogen (secondary N) is 1. The molecule has 0 unspecified atom stereocenters. The average molecular weight is 499 g/mol. The molecular formula is C25H31BrN4O2. The molecule has 0 bridgehead atoms. The second-order valence-corrected chi connectivity index (χ2v) is 10.3. The molecule has 1 aromatic carbocycles. The van der Waals surface area contributed by atoms with Crippen molar-refractivity contribution >= 4 is 38.3 Å². The van der Waals surface area contributed by atoms with Crippen molar-refractivity contribution < 1.29 is 4.79 Å². The maximum Gasteiger partial charge on any atom is 0.276 e. The standard InChI is InChI=1S/C25H31BrN4O2/c1-16(2)28-13-7-10-18(28)14-27-24(31)21-15-29(17-8-3-4-9-17)25(32)23-22(26)19-11-5-6-12-20(19)30(21)23/h5-6,11-12,15-18H,3-4,7-10,13-14H2,1-2H3,(H,27,31)/t18-/m0/s1. The van der Waals surface area contributed by atoms with Crippen LogP contribution < -0.4 is 10.9 Å². The number of carbonyl (C=O) groups is 1. The maximum absolute atomic E-state index is 13.5. The summed E-state index contributed by atoms with van der Waals surface area (Å²) in [5.74, 6) is -0.120. The van der Waals surface area contributed by atoms with Gasteiger partial charge in [-0.3, -0.25) is 18.9 Å². The highest BCUT2D eigenvalue weighted by molar-refractivity contribution is 9.10. The highest BCUT2D eigenvalue weighted by Crippen LogP contribution is 2.33. The second kappa shape index (κ2) is 8.67.